The number of hydrogen-bond acceptors (Lipinski definition) is 4. The van der Waals surface area contributed by atoms with Crippen LogP contribution in [0.25, 0.3) is 11.3 Å². The maximum Gasteiger partial charge on any atom is 0.228 e. The summed E-state index contributed by atoms with van der Waals surface area (Å²) in [4.78, 5) is 22.1. The molecular formula is C24H27N3OS. The molecular weight excluding hydrogens is 378 g/mol. The molecule has 4 nitrogen and oxygen atoms in total. The van der Waals surface area contributed by atoms with Gasteiger partial charge in [-0.15, -0.1) is 11.3 Å². The number of piperidine rings is 1. The van der Waals surface area contributed by atoms with Gasteiger partial charge in [-0.05, 0) is 18.4 Å². The fourth-order valence-electron chi connectivity index (χ4n) is 3.93. The molecule has 0 spiro atoms. The van der Waals surface area contributed by atoms with Crippen molar-refractivity contribution in [3.63, 3.8) is 0 Å². The summed E-state index contributed by atoms with van der Waals surface area (Å²) in [5.74, 6) is 0.167. The summed E-state index contributed by atoms with van der Waals surface area (Å²) in [6, 6.07) is 21.0. The first-order valence-corrected chi connectivity index (χ1v) is 11.2. The molecule has 4 rings (SSSR count). The molecule has 1 aliphatic heterocycles. The zero-order chi connectivity index (χ0) is 20.1. The summed E-state index contributed by atoms with van der Waals surface area (Å²) >= 11 is 1.57. The molecule has 2 aromatic carbocycles. The molecule has 3 aromatic rings. The standard InChI is InChI=1S/C24H27N3OS/c1-2-23(28)27(24-25-22(18-29-24)20-11-7-4-8-12-20)21-13-15-26(16-14-21)17-19-9-5-3-6-10-19/h3-12,18,21H,2,13-17H2,1H3. The first-order chi connectivity index (χ1) is 14.2. The van der Waals surface area contributed by atoms with Gasteiger partial charge in [0.15, 0.2) is 5.13 Å². The molecule has 1 fully saturated rings. The van der Waals surface area contributed by atoms with E-state index >= 15 is 0 Å². The van der Waals surface area contributed by atoms with Crippen LogP contribution in [0.2, 0.25) is 0 Å². The largest absolute Gasteiger partial charge is 0.299 e. The van der Waals surface area contributed by atoms with Crippen molar-refractivity contribution in [2.45, 2.75) is 38.8 Å². The van der Waals surface area contributed by atoms with Gasteiger partial charge in [0.1, 0.15) is 0 Å². The number of likely N-dealkylation sites (tertiary alicyclic amines) is 1. The van der Waals surface area contributed by atoms with Gasteiger partial charge in [0, 0.05) is 43.0 Å². The molecule has 5 heteroatoms. The van der Waals surface area contributed by atoms with Crippen molar-refractivity contribution < 1.29 is 4.79 Å². The van der Waals surface area contributed by atoms with Crippen molar-refractivity contribution in [2.75, 3.05) is 18.0 Å². The highest BCUT2D eigenvalue weighted by atomic mass is 32.1. The Balaban J connectivity index is 1.46. The van der Waals surface area contributed by atoms with Crippen molar-refractivity contribution >= 4 is 22.4 Å². The minimum Gasteiger partial charge on any atom is -0.299 e. The second-order valence-corrected chi connectivity index (χ2v) is 8.33. The SMILES string of the molecule is CCC(=O)N(c1nc(-c2ccccc2)cs1)C1CCN(Cc2ccccc2)CC1. The van der Waals surface area contributed by atoms with Gasteiger partial charge in [0.25, 0.3) is 0 Å². The molecule has 29 heavy (non-hydrogen) atoms. The molecule has 2 heterocycles. The molecule has 1 aliphatic rings. The predicted octanol–water partition coefficient (Wildman–Crippen LogP) is 5.22. The minimum absolute atomic E-state index is 0.167. The lowest BCUT2D eigenvalue weighted by Crippen LogP contribution is -2.47. The van der Waals surface area contributed by atoms with Gasteiger partial charge >= 0.3 is 0 Å². The molecule has 150 valence electrons. The summed E-state index contributed by atoms with van der Waals surface area (Å²) in [6.07, 6.45) is 2.47. The number of nitrogens with zero attached hydrogens (tertiary/aromatic N) is 3. The van der Waals surface area contributed by atoms with Gasteiger partial charge in [0.2, 0.25) is 5.91 Å². The van der Waals surface area contributed by atoms with E-state index in [4.69, 9.17) is 4.98 Å². The number of rotatable bonds is 6. The highest BCUT2D eigenvalue weighted by Gasteiger charge is 2.30. The van der Waals surface area contributed by atoms with Gasteiger partial charge in [-0.25, -0.2) is 4.98 Å². The molecule has 0 saturated carbocycles. The highest BCUT2D eigenvalue weighted by molar-refractivity contribution is 7.14. The molecule has 0 aliphatic carbocycles. The number of thiazole rings is 1. The van der Waals surface area contributed by atoms with Crippen LogP contribution in [0.1, 0.15) is 31.7 Å². The molecule has 0 bridgehead atoms. The summed E-state index contributed by atoms with van der Waals surface area (Å²) in [7, 11) is 0. The molecule has 0 unspecified atom stereocenters. The number of hydrogen-bond donors (Lipinski definition) is 0. The minimum atomic E-state index is 0.167. The van der Waals surface area contributed by atoms with E-state index in [1.807, 2.05) is 30.0 Å². The monoisotopic (exact) mass is 405 g/mol. The van der Waals surface area contributed by atoms with E-state index in [1.165, 1.54) is 5.56 Å². The van der Waals surface area contributed by atoms with Crippen LogP contribution in [0, 0.1) is 0 Å². The zero-order valence-corrected chi connectivity index (χ0v) is 17.6. The van der Waals surface area contributed by atoms with Crippen LogP contribution in [0.3, 0.4) is 0 Å². The number of aromatic nitrogens is 1. The summed E-state index contributed by atoms with van der Waals surface area (Å²) in [5, 5.41) is 2.89. The van der Waals surface area contributed by atoms with Crippen molar-refractivity contribution in [1.29, 1.82) is 0 Å². The number of carbonyl (C=O) groups excluding carboxylic acids is 1. The second kappa shape index (κ2) is 9.33. The lowest BCUT2D eigenvalue weighted by molar-refractivity contribution is -0.119. The van der Waals surface area contributed by atoms with E-state index < -0.39 is 0 Å². The summed E-state index contributed by atoms with van der Waals surface area (Å²) < 4.78 is 0. The van der Waals surface area contributed by atoms with E-state index in [0.717, 1.165) is 48.9 Å². The van der Waals surface area contributed by atoms with E-state index in [1.54, 1.807) is 11.3 Å². The Labute approximate surface area is 176 Å². The summed E-state index contributed by atoms with van der Waals surface area (Å²) in [6.45, 7) is 4.92. The van der Waals surface area contributed by atoms with Crippen molar-refractivity contribution in [1.82, 2.24) is 9.88 Å². The average Bonchev–Trinajstić information content (AvgIpc) is 3.26. The topological polar surface area (TPSA) is 36.4 Å². The maximum absolute atomic E-state index is 12.8. The van der Waals surface area contributed by atoms with Crippen LogP contribution in [-0.4, -0.2) is 34.9 Å². The lowest BCUT2D eigenvalue weighted by Gasteiger charge is -2.37. The van der Waals surface area contributed by atoms with Crippen LogP contribution < -0.4 is 4.90 Å². The van der Waals surface area contributed by atoms with Gasteiger partial charge in [-0.1, -0.05) is 67.6 Å². The summed E-state index contributed by atoms with van der Waals surface area (Å²) in [5.41, 5.74) is 3.39. The Morgan fingerprint density at radius 1 is 1.07 bits per heavy atom. The Kier molecular flexibility index (Phi) is 6.37. The van der Waals surface area contributed by atoms with Gasteiger partial charge in [0.05, 0.1) is 5.69 Å². The average molecular weight is 406 g/mol. The number of anilines is 1. The molecule has 1 amide bonds. The Morgan fingerprint density at radius 3 is 2.38 bits per heavy atom. The third kappa shape index (κ3) is 4.74. The van der Waals surface area contributed by atoms with Crippen molar-refractivity contribution in [2.24, 2.45) is 0 Å². The van der Waals surface area contributed by atoms with E-state index in [2.05, 4.69) is 52.7 Å². The number of carbonyl (C=O) groups is 1. The second-order valence-electron chi connectivity index (χ2n) is 7.49. The third-order valence-corrected chi connectivity index (χ3v) is 6.35. The third-order valence-electron chi connectivity index (χ3n) is 5.51. The zero-order valence-electron chi connectivity index (χ0n) is 16.8. The van der Waals surface area contributed by atoms with Gasteiger partial charge in [-0.2, -0.15) is 0 Å². The Morgan fingerprint density at radius 2 is 1.72 bits per heavy atom. The molecule has 1 saturated heterocycles. The number of amides is 1. The van der Waals surface area contributed by atoms with Crippen LogP contribution in [0.15, 0.2) is 66.0 Å². The van der Waals surface area contributed by atoms with Crippen LogP contribution in [-0.2, 0) is 11.3 Å². The van der Waals surface area contributed by atoms with E-state index in [0.29, 0.717) is 6.42 Å². The van der Waals surface area contributed by atoms with Crippen LogP contribution in [0.4, 0.5) is 5.13 Å². The molecule has 0 N–H and O–H groups in total. The van der Waals surface area contributed by atoms with Crippen LogP contribution in [0.5, 0.6) is 0 Å². The Bertz CT molecular complexity index is 918. The fourth-order valence-corrected chi connectivity index (χ4v) is 4.85. The van der Waals surface area contributed by atoms with Crippen molar-refractivity contribution in [3.05, 3.63) is 71.6 Å². The highest BCUT2D eigenvalue weighted by Crippen LogP contribution is 2.31. The van der Waals surface area contributed by atoms with E-state index in [-0.39, 0.29) is 11.9 Å². The van der Waals surface area contributed by atoms with Crippen LogP contribution >= 0.6 is 11.3 Å². The molecule has 1 aromatic heterocycles. The smallest absolute Gasteiger partial charge is 0.228 e. The predicted molar refractivity (Wildman–Crippen MR) is 120 cm³/mol. The molecule has 0 atom stereocenters. The lowest BCUT2D eigenvalue weighted by atomic mass is 10.0. The van der Waals surface area contributed by atoms with Gasteiger partial charge in [-0.3, -0.25) is 14.6 Å². The number of benzene rings is 2. The van der Waals surface area contributed by atoms with E-state index in [9.17, 15) is 4.79 Å². The molecule has 0 radical (unpaired) electrons. The van der Waals surface area contributed by atoms with Crippen molar-refractivity contribution in [3.8, 4) is 11.3 Å². The quantitative estimate of drug-likeness (QED) is 0.564. The first kappa shape index (κ1) is 19.8. The van der Waals surface area contributed by atoms with Gasteiger partial charge < -0.3 is 0 Å². The maximum atomic E-state index is 12.8. The first-order valence-electron chi connectivity index (χ1n) is 10.3. The fraction of sp³-hybridized carbons (Fsp3) is 0.333. The Hall–Kier alpha value is -2.50. The normalized spacial score (nSPS) is 15.3.